The van der Waals surface area contributed by atoms with Crippen LogP contribution in [0.4, 0.5) is 0 Å². The second-order valence-electron chi connectivity index (χ2n) is 4.98. The Morgan fingerprint density at radius 1 is 1.27 bits per heavy atom. The standard InChI is InChI=1S/C16H15NO5/c18-8-10-6-9(4-5-12(10)19)16-17-7-14(22-16)11-2-1-3-13(20)15(11)21/h1-2,4-7,13,18-21H,3,8H2. The van der Waals surface area contributed by atoms with Crippen molar-refractivity contribution < 1.29 is 24.8 Å². The number of benzene rings is 1. The molecule has 1 atom stereocenters. The molecular formula is C16H15NO5. The van der Waals surface area contributed by atoms with Crippen LogP contribution in [0.3, 0.4) is 0 Å². The summed E-state index contributed by atoms with van der Waals surface area (Å²) < 4.78 is 5.61. The van der Waals surface area contributed by atoms with Crippen molar-refractivity contribution >= 4 is 5.57 Å². The molecule has 0 amide bonds. The fraction of sp³-hybridized carbons (Fsp3) is 0.188. The smallest absolute Gasteiger partial charge is 0.226 e. The van der Waals surface area contributed by atoms with Crippen molar-refractivity contribution in [1.82, 2.24) is 4.98 Å². The van der Waals surface area contributed by atoms with Gasteiger partial charge in [0, 0.05) is 11.1 Å². The molecule has 3 rings (SSSR count). The average Bonchev–Trinajstić information content (AvgIpc) is 3.00. The molecular weight excluding hydrogens is 286 g/mol. The van der Waals surface area contributed by atoms with Crippen LogP contribution in [0.15, 0.2) is 46.7 Å². The Kier molecular flexibility index (Phi) is 3.70. The topological polar surface area (TPSA) is 107 Å². The van der Waals surface area contributed by atoms with Crippen molar-refractivity contribution in [2.45, 2.75) is 19.1 Å². The molecule has 2 aromatic rings. The predicted octanol–water partition coefficient (Wildman–Crippen LogP) is 2.13. The molecule has 0 spiro atoms. The Hall–Kier alpha value is -2.57. The first-order valence-electron chi connectivity index (χ1n) is 6.77. The Morgan fingerprint density at radius 2 is 2.09 bits per heavy atom. The van der Waals surface area contributed by atoms with Crippen molar-refractivity contribution in [3.05, 3.63) is 53.6 Å². The third kappa shape index (κ3) is 2.49. The molecule has 0 aliphatic heterocycles. The largest absolute Gasteiger partial charge is 0.509 e. The van der Waals surface area contributed by atoms with Gasteiger partial charge in [0.15, 0.2) is 5.76 Å². The van der Waals surface area contributed by atoms with E-state index in [1.165, 1.54) is 12.3 Å². The molecule has 0 saturated carbocycles. The van der Waals surface area contributed by atoms with Gasteiger partial charge < -0.3 is 24.8 Å². The van der Waals surface area contributed by atoms with E-state index in [1.54, 1.807) is 24.3 Å². The summed E-state index contributed by atoms with van der Waals surface area (Å²) in [6.45, 7) is -0.298. The first kappa shape index (κ1) is 14.4. The highest BCUT2D eigenvalue weighted by Crippen LogP contribution is 2.31. The Labute approximate surface area is 126 Å². The Morgan fingerprint density at radius 3 is 2.86 bits per heavy atom. The minimum absolute atomic E-state index is 0.00304. The van der Waals surface area contributed by atoms with E-state index in [2.05, 4.69) is 4.98 Å². The maximum atomic E-state index is 9.91. The van der Waals surface area contributed by atoms with Crippen molar-refractivity contribution in [3.8, 4) is 17.2 Å². The zero-order chi connectivity index (χ0) is 15.7. The molecule has 4 N–H and O–H groups in total. The molecule has 6 nitrogen and oxygen atoms in total. The van der Waals surface area contributed by atoms with Gasteiger partial charge >= 0.3 is 0 Å². The van der Waals surface area contributed by atoms with Crippen LogP contribution in [0.5, 0.6) is 5.75 Å². The van der Waals surface area contributed by atoms with E-state index in [0.29, 0.717) is 34.8 Å². The van der Waals surface area contributed by atoms with E-state index in [-0.39, 0.29) is 18.1 Å². The highest BCUT2D eigenvalue weighted by atomic mass is 16.4. The van der Waals surface area contributed by atoms with Crippen LogP contribution in [-0.2, 0) is 6.61 Å². The van der Waals surface area contributed by atoms with E-state index in [9.17, 15) is 20.4 Å². The monoisotopic (exact) mass is 301 g/mol. The first-order valence-corrected chi connectivity index (χ1v) is 6.77. The van der Waals surface area contributed by atoms with Gasteiger partial charge in [-0.25, -0.2) is 4.98 Å². The molecule has 1 aliphatic rings. The summed E-state index contributed by atoms with van der Waals surface area (Å²) in [6.07, 6.45) is 4.28. The normalized spacial score (nSPS) is 18.0. The van der Waals surface area contributed by atoms with Gasteiger partial charge in [0.1, 0.15) is 17.6 Å². The van der Waals surface area contributed by atoms with Gasteiger partial charge in [-0.05, 0) is 24.6 Å². The molecule has 0 bridgehead atoms. The highest BCUT2D eigenvalue weighted by molar-refractivity contribution is 5.74. The third-order valence-corrected chi connectivity index (χ3v) is 3.50. The first-order chi connectivity index (χ1) is 10.6. The number of nitrogens with zero attached hydrogens (tertiary/aromatic N) is 1. The second-order valence-corrected chi connectivity index (χ2v) is 4.98. The number of hydrogen-bond acceptors (Lipinski definition) is 6. The average molecular weight is 301 g/mol. The molecule has 114 valence electrons. The molecule has 1 aromatic heterocycles. The van der Waals surface area contributed by atoms with Crippen LogP contribution >= 0.6 is 0 Å². The van der Waals surface area contributed by atoms with Crippen LogP contribution in [0, 0.1) is 0 Å². The summed E-state index contributed by atoms with van der Waals surface area (Å²) in [7, 11) is 0. The number of phenols is 1. The van der Waals surface area contributed by atoms with Gasteiger partial charge in [0.2, 0.25) is 5.89 Å². The van der Waals surface area contributed by atoms with E-state index in [0.717, 1.165) is 0 Å². The molecule has 22 heavy (non-hydrogen) atoms. The summed E-state index contributed by atoms with van der Waals surface area (Å²) in [4.78, 5) is 4.14. The van der Waals surface area contributed by atoms with Crippen LogP contribution in [0.2, 0.25) is 0 Å². The summed E-state index contributed by atoms with van der Waals surface area (Å²) >= 11 is 0. The van der Waals surface area contributed by atoms with Crippen molar-refractivity contribution in [2.24, 2.45) is 0 Å². The molecule has 0 saturated heterocycles. The Balaban J connectivity index is 1.98. The number of aliphatic hydroxyl groups excluding tert-OH is 3. The zero-order valence-corrected chi connectivity index (χ0v) is 11.6. The number of oxazole rings is 1. The molecule has 0 fully saturated rings. The van der Waals surface area contributed by atoms with E-state index < -0.39 is 6.10 Å². The Bertz CT molecular complexity index is 760. The van der Waals surface area contributed by atoms with Crippen LogP contribution in [-0.4, -0.2) is 31.5 Å². The minimum atomic E-state index is -0.941. The van der Waals surface area contributed by atoms with Crippen molar-refractivity contribution in [3.63, 3.8) is 0 Å². The van der Waals surface area contributed by atoms with Crippen molar-refractivity contribution in [1.29, 1.82) is 0 Å². The number of allylic oxidation sites excluding steroid dienone is 2. The van der Waals surface area contributed by atoms with Gasteiger partial charge in [0.05, 0.1) is 18.4 Å². The molecule has 0 radical (unpaired) electrons. The van der Waals surface area contributed by atoms with Crippen LogP contribution < -0.4 is 0 Å². The van der Waals surface area contributed by atoms with Crippen LogP contribution in [0.1, 0.15) is 17.7 Å². The lowest BCUT2D eigenvalue weighted by Crippen LogP contribution is -2.13. The molecule has 6 heteroatoms. The van der Waals surface area contributed by atoms with E-state index in [1.807, 2.05) is 0 Å². The number of hydrogen-bond donors (Lipinski definition) is 4. The van der Waals surface area contributed by atoms with E-state index >= 15 is 0 Å². The number of rotatable bonds is 3. The molecule has 1 heterocycles. The lowest BCUT2D eigenvalue weighted by atomic mass is 10.0. The molecule has 1 aliphatic carbocycles. The van der Waals surface area contributed by atoms with Crippen molar-refractivity contribution in [2.75, 3.05) is 0 Å². The maximum Gasteiger partial charge on any atom is 0.226 e. The SMILES string of the molecule is OCc1cc(-c2ncc(C3=C(O)C(O)CC=C3)o2)ccc1O. The molecule has 1 unspecified atom stereocenters. The fourth-order valence-electron chi connectivity index (χ4n) is 2.28. The van der Waals surface area contributed by atoms with Gasteiger partial charge in [-0.15, -0.1) is 0 Å². The summed E-state index contributed by atoms with van der Waals surface area (Å²) in [5.74, 6) is 0.475. The maximum absolute atomic E-state index is 9.91. The van der Waals surface area contributed by atoms with Gasteiger partial charge in [-0.3, -0.25) is 0 Å². The number of aromatic nitrogens is 1. The highest BCUT2D eigenvalue weighted by Gasteiger charge is 2.21. The third-order valence-electron chi connectivity index (χ3n) is 3.50. The van der Waals surface area contributed by atoms with Gasteiger partial charge in [-0.2, -0.15) is 0 Å². The van der Waals surface area contributed by atoms with Crippen LogP contribution in [0.25, 0.3) is 17.0 Å². The second kappa shape index (κ2) is 5.67. The van der Waals surface area contributed by atoms with Gasteiger partial charge in [-0.1, -0.05) is 12.2 Å². The fourth-order valence-corrected chi connectivity index (χ4v) is 2.28. The summed E-state index contributed by atoms with van der Waals surface area (Å²) in [5.41, 5.74) is 1.35. The zero-order valence-electron chi connectivity index (χ0n) is 11.6. The number of aromatic hydroxyl groups is 1. The summed E-state index contributed by atoms with van der Waals surface area (Å²) in [6, 6.07) is 4.64. The number of aliphatic hydroxyl groups is 3. The minimum Gasteiger partial charge on any atom is -0.509 e. The van der Waals surface area contributed by atoms with E-state index in [4.69, 9.17) is 4.42 Å². The summed E-state index contributed by atoms with van der Waals surface area (Å²) in [5, 5.41) is 38.3. The quantitative estimate of drug-likeness (QED) is 0.692. The van der Waals surface area contributed by atoms with Gasteiger partial charge in [0.25, 0.3) is 0 Å². The lowest BCUT2D eigenvalue weighted by Gasteiger charge is -2.14. The molecule has 1 aromatic carbocycles. The lowest BCUT2D eigenvalue weighted by molar-refractivity contribution is 0.155. The predicted molar refractivity (Wildman–Crippen MR) is 78.8 cm³/mol.